The lowest BCUT2D eigenvalue weighted by Gasteiger charge is -2.03. The minimum absolute atomic E-state index is 0.0403. The van der Waals surface area contributed by atoms with Crippen LogP contribution in [0.3, 0.4) is 0 Å². The molecule has 0 saturated carbocycles. The number of nitrogens with one attached hydrogen (secondary N) is 3. The molecule has 0 aliphatic carbocycles. The Labute approximate surface area is 82.6 Å². The lowest BCUT2D eigenvalue weighted by atomic mass is 10.4. The van der Waals surface area contributed by atoms with E-state index in [9.17, 15) is 4.79 Å². The third-order valence-electron chi connectivity index (χ3n) is 1.61. The summed E-state index contributed by atoms with van der Waals surface area (Å²) in [4.78, 5) is 17.9. The van der Waals surface area contributed by atoms with Gasteiger partial charge in [-0.1, -0.05) is 6.08 Å². The molecular weight excluding hydrogens is 180 g/mol. The molecule has 76 valence electrons. The standard InChI is InChI=1S/C9H14N4O/c1-2-3-10-6-9(14)12-5-8-4-11-7-13-8/h2,4,7,10H,1,3,5-6H2,(H,11,13)(H,12,14). The van der Waals surface area contributed by atoms with E-state index in [2.05, 4.69) is 27.2 Å². The van der Waals surface area contributed by atoms with Crippen molar-refractivity contribution in [3.8, 4) is 0 Å². The number of carbonyl (C=O) groups is 1. The first kappa shape index (κ1) is 10.5. The molecule has 5 nitrogen and oxygen atoms in total. The summed E-state index contributed by atoms with van der Waals surface area (Å²) in [6.45, 7) is 4.96. The summed E-state index contributed by atoms with van der Waals surface area (Å²) in [5, 5.41) is 5.65. The third kappa shape index (κ3) is 3.86. The van der Waals surface area contributed by atoms with Crippen LogP contribution in [-0.2, 0) is 11.3 Å². The van der Waals surface area contributed by atoms with Crippen LogP contribution in [-0.4, -0.2) is 29.0 Å². The van der Waals surface area contributed by atoms with Gasteiger partial charge < -0.3 is 15.6 Å². The fourth-order valence-corrected chi connectivity index (χ4v) is 0.925. The van der Waals surface area contributed by atoms with E-state index in [-0.39, 0.29) is 5.91 Å². The van der Waals surface area contributed by atoms with Crippen molar-refractivity contribution >= 4 is 5.91 Å². The Bertz CT molecular complexity index is 281. The van der Waals surface area contributed by atoms with E-state index in [4.69, 9.17) is 0 Å². The zero-order chi connectivity index (χ0) is 10.2. The van der Waals surface area contributed by atoms with Gasteiger partial charge >= 0.3 is 0 Å². The fourth-order valence-electron chi connectivity index (χ4n) is 0.925. The molecule has 0 spiro atoms. The maximum absolute atomic E-state index is 11.2. The molecule has 0 aromatic carbocycles. The number of imidazole rings is 1. The summed E-state index contributed by atoms with van der Waals surface area (Å²) >= 11 is 0. The van der Waals surface area contributed by atoms with Crippen LogP contribution in [0.5, 0.6) is 0 Å². The molecule has 0 atom stereocenters. The zero-order valence-electron chi connectivity index (χ0n) is 7.92. The number of hydrogen-bond acceptors (Lipinski definition) is 3. The number of aromatic nitrogens is 2. The number of amides is 1. The average molecular weight is 194 g/mol. The summed E-state index contributed by atoms with van der Waals surface area (Å²) in [6.07, 6.45) is 4.97. The van der Waals surface area contributed by atoms with E-state index in [1.807, 2.05) is 0 Å². The highest BCUT2D eigenvalue weighted by Crippen LogP contribution is 1.88. The minimum Gasteiger partial charge on any atom is -0.349 e. The number of H-pyrrole nitrogens is 1. The molecule has 0 unspecified atom stereocenters. The van der Waals surface area contributed by atoms with Crippen LogP contribution in [0.1, 0.15) is 5.69 Å². The van der Waals surface area contributed by atoms with E-state index in [0.29, 0.717) is 19.6 Å². The van der Waals surface area contributed by atoms with Crippen molar-refractivity contribution in [2.24, 2.45) is 0 Å². The summed E-state index contributed by atoms with van der Waals surface area (Å²) < 4.78 is 0. The lowest BCUT2D eigenvalue weighted by Crippen LogP contribution is -2.33. The van der Waals surface area contributed by atoms with Crippen LogP contribution in [0.25, 0.3) is 0 Å². The second-order valence-corrected chi connectivity index (χ2v) is 2.77. The van der Waals surface area contributed by atoms with Gasteiger partial charge in [0.25, 0.3) is 0 Å². The molecule has 0 saturated heterocycles. The lowest BCUT2D eigenvalue weighted by molar-refractivity contribution is -0.120. The van der Waals surface area contributed by atoms with Gasteiger partial charge in [0.15, 0.2) is 0 Å². The van der Waals surface area contributed by atoms with Crippen LogP contribution >= 0.6 is 0 Å². The molecule has 0 aliphatic heterocycles. The predicted octanol–water partition coefficient (Wildman–Crippen LogP) is -0.199. The Hall–Kier alpha value is -1.62. The quantitative estimate of drug-likeness (QED) is 0.434. The smallest absolute Gasteiger partial charge is 0.234 e. The Balaban J connectivity index is 2.12. The van der Waals surface area contributed by atoms with E-state index < -0.39 is 0 Å². The van der Waals surface area contributed by atoms with Crippen molar-refractivity contribution in [3.63, 3.8) is 0 Å². The first-order chi connectivity index (χ1) is 6.83. The monoisotopic (exact) mass is 194 g/mol. The topological polar surface area (TPSA) is 69.8 Å². The molecular formula is C9H14N4O. The van der Waals surface area contributed by atoms with Crippen LogP contribution < -0.4 is 10.6 Å². The van der Waals surface area contributed by atoms with Crippen molar-refractivity contribution in [1.29, 1.82) is 0 Å². The Morgan fingerprint density at radius 2 is 2.57 bits per heavy atom. The number of hydrogen-bond donors (Lipinski definition) is 3. The van der Waals surface area contributed by atoms with Gasteiger partial charge in [0.05, 0.1) is 25.1 Å². The summed E-state index contributed by atoms with van der Waals surface area (Å²) in [5.41, 5.74) is 0.891. The summed E-state index contributed by atoms with van der Waals surface area (Å²) in [5.74, 6) is -0.0403. The summed E-state index contributed by atoms with van der Waals surface area (Å²) in [7, 11) is 0. The average Bonchev–Trinajstić information content (AvgIpc) is 2.68. The normalized spacial score (nSPS) is 9.71. The molecule has 1 rings (SSSR count). The van der Waals surface area contributed by atoms with E-state index in [1.54, 1.807) is 18.6 Å². The molecule has 1 amide bonds. The van der Waals surface area contributed by atoms with E-state index >= 15 is 0 Å². The van der Waals surface area contributed by atoms with Gasteiger partial charge in [-0.25, -0.2) is 4.98 Å². The van der Waals surface area contributed by atoms with E-state index in [0.717, 1.165) is 5.69 Å². The van der Waals surface area contributed by atoms with Gasteiger partial charge in [-0.2, -0.15) is 0 Å². The Morgan fingerprint density at radius 3 is 3.21 bits per heavy atom. The molecule has 14 heavy (non-hydrogen) atoms. The fraction of sp³-hybridized carbons (Fsp3) is 0.333. The Kier molecular flexibility index (Phi) is 4.43. The molecule has 0 radical (unpaired) electrons. The van der Waals surface area contributed by atoms with Crippen LogP contribution in [0.4, 0.5) is 0 Å². The van der Waals surface area contributed by atoms with Gasteiger partial charge in [0.1, 0.15) is 0 Å². The number of rotatable bonds is 6. The van der Waals surface area contributed by atoms with Gasteiger partial charge in [-0.15, -0.1) is 6.58 Å². The molecule has 0 aliphatic rings. The molecule has 0 bridgehead atoms. The molecule has 5 heteroatoms. The molecule has 0 fully saturated rings. The van der Waals surface area contributed by atoms with E-state index in [1.165, 1.54) is 0 Å². The number of nitrogens with zero attached hydrogens (tertiary/aromatic N) is 1. The van der Waals surface area contributed by atoms with Crippen molar-refractivity contribution < 1.29 is 4.79 Å². The highest BCUT2D eigenvalue weighted by molar-refractivity contribution is 5.77. The maximum Gasteiger partial charge on any atom is 0.234 e. The highest BCUT2D eigenvalue weighted by Gasteiger charge is 1.99. The van der Waals surface area contributed by atoms with Gasteiger partial charge in [-0.3, -0.25) is 4.79 Å². The number of aromatic amines is 1. The van der Waals surface area contributed by atoms with Crippen molar-refractivity contribution in [1.82, 2.24) is 20.6 Å². The Morgan fingerprint density at radius 1 is 1.71 bits per heavy atom. The minimum atomic E-state index is -0.0403. The highest BCUT2D eigenvalue weighted by atomic mass is 16.1. The van der Waals surface area contributed by atoms with Crippen molar-refractivity contribution in [3.05, 3.63) is 30.9 Å². The van der Waals surface area contributed by atoms with Crippen LogP contribution in [0, 0.1) is 0 Å². The first-order valence-corrected chi connectivity index (χ1v) is 4.38. The largest absolute Gasteiger partial charge is 0.349 e. The SMILES string of the molecule is C=CCNCC(=O)NCc1cnc[nH]1. The second-order valence-electron chi connectivity index (χ2n) is 2.77. The molecule has 1 aromatic rings. The molecule has 1 heterocycles. The molecule has 3 N–H and O–H groups in total. The van der Waals surface area contributed by atoms with Gasteiger partial charge in [0, 0.05) is 12.7 Å². The second kappa shape index (κ2) is 5.93. The predicted molar refractivity (Wildman–Crippen MR) is 53.5 cm³/mol. The molecule has 1 aromatic heterocycles. The van der Waals surface area contributed by atoms with Crippen LogP contribution in [0.15, 0.2) is 25.2 Å². The maximum atomic E-state index is 11.2. The van der Waals surface area contributed by atoms with Gasteiger partial charge in [0.2, 0.25) is 5.91 Å². The van der Waals surface area contributed by atoms with Gasteiger partial charge in [-0.05, 0) is 0 Å². The number of carbonyl (C=O) groups excluding carboxylic acids is 1. The zero-order valence-corrected chi connectivity index (χ0v) is 7.92. The first-order valence-electron chi connectivity index (χ1n) is 4.38. The van der Waals surface area contributed by atoms with Crippen LogP contribution in [0.2, 0.25) is 0 Å². The third-order valence-corrected chi connectivity index (χ3v) is 1.61. The van der Waals surface area contributed by atoms with Crippen molar-refractivity contribution in [2.45, 2.75) is 6.54 Å². The summed E-state index contributed by atoms with van der Waals surface area (Å²) in [6, 6.07) is 0. The van der Waals surface area contributed by atoms with Crippen molar-refractivity contribution in [2.75, 3.05) is 13.1 Å².